The molecule has 0 aromatic carbocycles. The van der Waals surface area contributed by atoms with Crippen LogP contribution < -0.4 is 5.32 Å². The third-order valence-electron chi connectivity index (χ3n) is 1.40. The lowest BCUT2D eigenvalue weighted by Gasteiger charge is -2.09. The quantitative estimate of drug-likeness (QED) is 0.521. The number of hydrogen-bond donors (Lipinski definition) is 1. The van der Waals surface area contributed by atoms with Crippen LogP contribution in [0.2, 0.25) is 0 Å². The lowest BCUT2D eigenvalue weighted by molar-refractivity contribution is -0.658. The molecule has 0 aliphatic carbocycles. The summed E-state index contributed by atoms with van der Waals surface area (Å²) in [6.45, 7) is 6.42. The van der Waals surface area contributed by atoms with Gasteiger partial charge in [-0.25, -0.2) is 0 Å². The Hall–Kier alpha value is 0.180. The van der Waals surface area contributed by atoms with E-state index in [2.05, 4.69) is 11.9 Å². The summed E-state index contributed by atoms with van der Waals surface area (Å²) in [5.41, 5.74) is 1.43. The monoisotopic (exact) mass is 178 g/mol. The summed E-state index contributed by atoms with van der Waals surface area (Å²) in [7, 11) is 0. The van der Waals surface area contributed by atoms with E-state index < -0.39 is 0 Å². The highest BCUT2D eigenvalue weighted by atomic mass is 79.9. The van der Waals surface area contributed by atoms with E-state index in [0.29, 0.717) is 0 Å². The Morgan fingerprint density at radius 3 is 2.00 bits per heavy atom. The average molecular weight is 179 g/mol. The zero-order chi connectivity index (χ0) is 5.11. The molecule has 0 amide bonds. The summed E-state index contributed by atoms with van der Waals surface area (Å²) in [5.74, 6) is 0. The van der Waals surface area contributed by atoms with Gasteiger partial charge in [0, 0.05) is 12.8 Å². The number of halogens is 1. The maximum absolute atomic E-state index is 3.89. The van der Waals surface area contributed by atoms with Gasteiger partial charge in [-0.1, -0.05) is 12.2 Å². The van der Waals surface area contributed by atoms with E-state index >= 15 is 0 Å². The first-order chi connectivity index (χ1) is 3.39. The molecule has 2 N–H and O–H groups in total. The Kier molecular flexibility index (Phi) is 4.19. The van der Waals surface area contributed by atoms with E-state index in [9.17, 15) is 0 Å². The minimum Gasteiger partial charge on any atom is -0.346 e. The van der Waals surface area contributed by atoms with Gasteiger partial charge in [0.05, 0.1) is 13.1 Å². The summed E-state index contributed by atoms with van der Waals surface area (Å²) in [6, 6.07) is 0. The second-order valence-corrected chi connectivity index (χ2v) is 2.12. The lowest BCUT2D eigenvalue weighted by Crippen LogP contribution is -2.85. The van der Waals surface area contributed by atoms with Gasteiger partial charge in [0.1, 0.15) is 0 Å². The number of rotatable bonds is 0. The van der Waals surface area contributed by atoms with E-state index in [4.69, 9.17) is 0 Å². The molecule has 1 heterocycles. The molecule has 1 saturated heterocycles. The van der Waals surface area contributed by atoms with Crippen molar-refractivity contribution >= 4 is 17.0 Å². The van der Waals surface area contributed by atoms with E-state index in [1.807, 2.05) is 0 Å². The van der Waals surface area contributed by atoms with Crippen LogP contribution >= 0.6 is 17.0 Å². The summed E-state index contributed by atoms with van der Waals surface area (Å²) in [4.78, 5) is 0. The smallest absolute Gasteiger partial charge is 0.0793 e. The van der Waals surface area contributed by atoms with Gasteiger partial charge in [-0.05, 0) is 0 Å². The Morgan fingerprint density at radius 1 is 1.25 bits per heavy atom. The molecule has 1 aliphatic rings. The number of piperidine rings is 1. The Bertz CT molecular complexity index is 72.6. The average Bonchev–Trinajstić information content (AvgIpc) is 1.69. The Labute approximate surface area is 60.9 Å². The second-order valence-electron chi connectivity index (χ2n) is 2.12. The molecule has 2 heteroatoms. The van der Waals surface area contributed by atoms with E-state index in [-0.39, 0.29) is 17.0 Å². The highest BCUT2D eigenvalue weighted by Crippen LogP contribution is 2.00. The van der Waals surface area contributed by atoms with Gasteiger partial charge >= 0.3 is 0 Å². The summed E-state index contributed by atoms with van der Waals surface area (Å²) in [6.07, 6.45) is 2.47. The number of nitrogens with two attached hydrogens (primary N) is 1. The molecular formula is C6H13BrN+. The molecule has 0 aromatic heterocycles. The predicted molar refractivity (Wildman–Crippen MR) is 40.4 cm³/mol. The fourth-order valence-electron chi connectivity index (χ4n) is 0.882. The Morgan fingerprint density at radius 2 is 1.75 bits per heavy atom. The minimum absolute atomic E-state index is 0. The molecule has 8 heavy (non-hydrogen) atoms. The number of hydrogen-bond acceptors (Lipinski definition) is 0. The molecule has 1 rings (SSSR count). The first-order valence-corrected chi connectivity index (χ1v) is 2.88. The van der Waals surface area contributed by atoms with Crippen LogP contribution in [0, 0.1) is 0 Å². The first kappa shape index (κ1) is 8.18. The van der Waals surface area contributed by atoms with Gasteiger partial charge in [-0.2, -0.15) is 0 Å². The van der Waals surface area contributed by atoms with Crippen LogP contribution in [0.4, 0.5) is 0 Å². The molecule has 0 atom stereocenters. The lowest BCUT2D eigenvalue weighted by atomic mass is 10.1. The van der Waals surface area contributed by atoms with Crippen molar-refractivity contribution in [1.82, 2.24) is 0 Å². The van der Waals surface area contributed by atoms with Gasteiger partial charge in [-0.3, -0.25) is 0 Å². The van der Waals surface area contributed by atoms with Crippen LogP contribution in [0.1, 0.15) is 12.8 Å². The van der Waals surface area contributed by atoms with Crippen molar-refractivity contribution in [2.45, 2.75) is 12.8 Å². The van der Waals surface area contributed by atoms with Gasteiger partial charge in [0.2, 0.25) is 0 Å². The standard InChI is InChI=1S/C6H11N.BrH/c1-6-2-4-7-5-3-6;/h7H,1-5H2;1H/p+1. The molecular weight excluding hydrogens is 166 g/mol. The van der Waals surface area contributed by atoms with Crippen LogP contribution in [-0.2, 0) is 0 Å². The SMILES string of the molecule is Br.C=C1CC[NH2+]CC1. The number of quaternary nitrogens is 1. The zero-order valence-corrected chi connectivity index (χ0v) is 6.73. The maximum atomic E-state index is 3.89. The molecule has 1 fully saturated rings. The maximum Gasteiger partial charge on any atom is 0.0793 e. The molecule has 0 unspecified atom stereocenters. The first-order valence-electron chi connectivity index (χ1n) is 2.88. The van der Waals surface area contributed by atoms with Gasteiger partial charge < -0.3 is 5.32 Å². The highest BCUT2D eigenvalue weighted by molar-refractivity contribution is 8.93. The van der Waals surface area contributed by atoms with E-state index in [1.54, 1.807) is 0 Å². The highest BCUT2D eigenvalue weighted by Gasteiger charge is 2.02. The molecule has 0 saturated carbocycles. The molecule has 1 aliphatic heterocycles. The Balaban J connectivity index is 0.000000490. The normalized spacial score (nSPS) is 19.8. The molecule has 0 spiro atoms. The largest absolute Gasteiger partial charge is 0.346 e. The molecule has 0 bridgehead atoms. The third kappa shape index (κ3) is 2.48. The van der Waals surface area contributed by atoms with Crippen molar-refractivity contribution in [3.8, 4) is 0 Å². The van der Waals surface area contributed by atoms with Crippen molar-refractivity contribution in [3.05, 3.63) is 12.2 Å². The van der Waals surface area contributed by atoms with Gasteiger partial charge in [-0.15, -0.1) is 17.0 Å². The van der Waals surface area contributed by atoms with Gasteiger partial charge in [0.15, 0.2) is 0 Å². The van der Waals surface area contributed by atoms with Crippen molar-refractivity contribution < 1.29 is 5.32 Å². The fraction of sp³-hybridized carbons (Fsp3) is 0.667. The topological polar surface area (TPSA) is 16.6 Å². The van der Waals surface area contributed by atoms with Gasteiger partial charge in [0.25, 0.3) is 0 Å². The van der Waals surface area contributed by atoms with E-state index in [0.717, 1.165) is 0 Å². The van der Waals surface area contributed by atoms with Crippen LogP contribution in [-0.4, -0.2) is 13.1 Å². The summed E-state index contributed by atoms with van der Waals surface area (Å²) < 4.78 is 0. The van der Waals surface area contributed by atoms with Crippen molar-refractivity contribution in [2.75, 3.05) is 13.1 Å². The summed E-state index contributed by atoms with van der Waals surface area (Å²) >= 11 is 0. The van der Waals surface area contributed by atoms with Crippen molar-refractivity contribution in [3.63, 3.8) is 0 Å². The molecule has 0 aromatic rings. The fourth-order valence-corrected chi connectivity index (χ4v) is 0.882. The zero-order valence-electron chi connectivity index (χ0n) is 5.02. The van der Waals surface area contributed by atoms with Crippen LogP contribution in [0.15, 0.2) is 12.2 Å². The third-order valence-corrected chi connectivity index (χ3v) is 1.40. The molecule has 48 valence electrons. The van der Waals surface area contributed by atoms with Crippen LogP contribution in [0.5, 0.6) is 0 Å². The van der Waals surface area contributed by atoms with Crippen LogP contribution in [0.25, 0.3) is 0 Å². The molecule has 1 nitrogen and oxygen atoms in total. The van der Waals surface area contributed by atoms with Crippen LogP contribution in [0.3, 0.4) is 0 Å². The summed E-state index contributed by atoms with van der Waals surface area (Å²) in [5, 5.41) is 2.34. The minimum atomic E-state index is 0. The van der Waals surface area contributed by atoms with E-state index in [1.165, 1.54) is 31.5 Å². The second kappa shape index (κ2) is 4.10. The van der Waals surface area contributed by atoms with Crippen molar-refractivity contribution in [2.24, 2.45) is 0 Å². The van der Waals surface area contributed by atoms with Crippen molar-refractivity contribution in [1.29, 1.82) is 0 Å². The molecule has 0 radical (unpaired) electrons. The predicted octanol–water partition coefficient (Wildman–Crippen LogP) is 0.478.